The highest BCUT2D eigenvalue weighted by atomic mass is 31.0. The van der Waals surface area contributed by atoms with Crippen LogP contribution in [0.2, 0.25) is 0 Å². The minimum Gasteiger partial charge on any atom is -0.377 e. The maximum absolute atomic E-state index is 12.4. The van der Waals surface area contributed by atoms with E-state index in [-0.39, 0.29) is 11.5 Å². The first-order valence-corrected chi connectivity index (χ1v) is 17.2. The van der Waals surface area contributed by atoms with Gasteiger partial charge in [-0.3, -0.25) is 4.79 Å². The highest BCUT2D eigenvalue weighted by molar-refractivity contribution is 7.35. The van der Waals surface area contributed by atoms with Gasteiger partial charge in [-0.25, -0.2) is 4.99 Å². The molecule has 0 aliphatic carbocycles. The van der Waals surface area contributed by atoms with Crippen LogP contribution in [0, 0.1) is 6.92 Å². The van der Waals surface area contributed by atoms with Gasteiger partial charge < -0.3 is 14.5 Å². The molecule has 0 amide bonds. The Morgan fingerprint density at radius 2 is 1.62 bits per heavy atom. The summed E-state index contributed by atoms with van der Waals surface area (Å²) >= 11 is 0. The zero-order valence-corrected chi connectivity index (χ0v) is 29.1. The first kappa shape index (κ1) is 33.4. The fraction of sp³-hybridized carbons (Fsp3) is 0.368. The maximum atomic E-state index is 12.4. The molecule has 0 aromatic heterocycles. The summed E-state index contributed by atoms with van der Waals surface area (Å²) in [6.45, 7) is 10.6. The number of amidine groups is 1. The van der Waals surface area contributed by atoms with Crippen molar-refractivity contribution in [3.63, 3.8) is 0 Å². The van der Waals surface area contributed by atoms with Crippen LogP contribution >= 0.6 is 18.5 Å². The Hall–Kier alpha value is -2.94. The third-order valence-corrected chi connectivity index (χ3v) is 10.9. The van der Waals surface area contributed by atoms with Crippen molar-refractivity contribution in [1.29, 1.82) is 0 Å². The predicted octanol–water partition coefficient (Wildman–Crippen LogP) is 6.29. The third kappa shape index (κ3) is 7.55. The number of hydrogen-bond donors (Lipinski definition) is 0. The first-order valence-electron chi connectivity index (χ1n) is 16.0. The van der Waals surface area contributed by atoms with Crippen molar-refractivity contribution in [1.82, 2.24) is 9.80 Å². The van der Waals surface area contributed by atoms with Gasteiger partial charge in [-0.15, -0.1) is 18.5 Å². The quantitative estimate of drug-likeness (QED) is 0.125. The molecular weight excluding hydrogens is 592 g/mol. The summed E-state index contributed by atoms with van der Waals surface area (Å²) in [5.41, 5.74) is 6.60. The fourth-order valence-electron chi connectivity index (χ4n) is 6.96. The number of hydrogen-bond acceptors (Lipinski definition) is 5. The fourth-order valence-corrected chi connectivity index (χ4v) is 7.43. The highest BCUT2D eigenvalue weighted by Crippen LogP contribution is 2.42. The second-order valence-corrected chi connectivity index (χ2v) is 13.6. The SMILES string of the molecule is C=CC1=C(C=O)C(c2ccc(P)c(P)c2)N(CCCCCN2CCC(c3ccccc3)(c3ccc(C)cc3)CC2)C(COC)=N1. The van der Waals surface area contributed by atoms with E-state index in [2.05, 4.69) is 115 Å². The third-order valence-electron chi connectivity index (χ3n) is 9.52. The summed E-state index contributed by atoms with van der Waals surface area (Å²) in [6, 6.07) is 26.4. The lowest BCUT2D eigenvalue weighted by Gasteiger charge is -2.43. The molecule has 0 radical (unpaired) electrons. The van der Waals surface area contributed by atoms with Gasteiger partial charge in [-0.1, -0.05) is 85.3 Å². The molecule has 3 atom stereocenters. The molecule has 7 heteroatoms. The molecule has 3 unspecified atom stereocenters. The van der Waals surface area contributed by atoms with E-state index in [9.17, 15) is 4.79 Å². The monoisotopic (exact) mass is 639 g/mol. The number of aryl methyl sites for hydroxylation is 1. The number of methoxy groups -OCH3 is 1. The number of carbonyl (C=O) groups excluding carboxylic acids is 1. The summed E-state index contributed by atoms with van der Waals surface area (Å²) in [7, 11) is 7.26. The van der Waals surface area contributed by atoms with Crippen molar-refractivity contribution < 1.29 is 9.53 Å². The molecule has 1 saturated heterocycles. The molecule has 5 nitrogen and oxygen atoms in total. The van der Waals surface area contributed by atoms with Crippen molar-refractivity contribution in [2.45, 2.75) is 50.5 Å². The minimum atomic E-state index is -0.224. The molecule has 45 heavy (non-hydrogen) atoms. The van der Waals surface area contributed by atoms with Crippen molar-refractivity contribution in [2.75, 3.05) is 39.9 Å². The van der Waals surface area contributed by atoms with Gasteiger partial charge in [0.15, 0.2) is 6.29 Å². The van der Waals surface area contributed by atoms with Gasteiger partial charge in [0.05, 0.1) is 11.7 Å². The number of nitrogens with zero attached hydrogens (tertiary/aromatic N) is 3. The summed E-state index contributed by atoms with van der Waals surface area (Å²) in [5.74, 6) is 0.840. The van der Waals surface area contributed by atoms with Gasteiger partial charge in [0, 0.05) is 24.6 Å². The molecule has 0 spiro atoms. The van der Waals surface area contributed by atoms with Gasteiger partial charge in [-0.05, 0) is 91.7 Å². The average Bonchev–Trinajstić information content (AvgIpc) is 3.07. The second kappa shape index (κ2) is 15.6. The number of carbonyl (C=O) groups is 1. The Morgan fingerprint density at radius 1 is 0.933 bits per heavy atom. The molecule has 236 valence electrons. The topological polar surface area (TPSA) is 45.1 Å². The molecule has 3 aromatic carbocycles. The summed E-state index contributed by atoms with van der Waals surface area (Å²) in [6.07, 6.45) is 8.15. The van der Waals surface area contributed by atoms with Crippen LogP contribution in [-0.4, -0.2) is 61.8 Å². The number of ether oxygens (including phenoxy) is 1. The molecular formula is C38H47N3O2P2. The Kier molecular flexibility index (Phi) is 11.6. The Bertz CT molecular complexity index is 1530. The van der Waals surface area contributed by atoms with Crippen LogP contribution in [0.1, 0.15) is 60.4 Å². The molecule has 5 rings (SSSR count). The highest BCUT2D eigenvalue weighted by Gasteiger charge is 2.37. The number of piperidine rings is 1. The number of benzene rings is 3. The van der Waals surface area contributed by atoms with Crippen molar-refractivity contribution in [3.8, 4) is 0 Å². The van der Waals surface area contributed by atoms with Crippen LogP contribution in [0.3, 0.4) is 0 Å². The number of rotatable bonds is 13. The van der Waals surface area contributed by atoms with E-state index >= 15 is 0 Å². The van der Waals surface area contributed by atoms with E-state index in [0.29, 0.717) is 17.9 Å². The van der Waals surface area contributed by atoms with E-state index in [1.807, 2.05) is 0 Å². The summed E-state index contributed by atoms with van der Waals surface area (Å²) in [5, 5.41) is 2.22. The molecule has 0 bridgehead atoms. The predicted molar refractivity (Wildman–Crippen MR) is 195 cm³/mol. The first-order chi connectivity index (χ1) is 21.9. The van der Waals surface area contributed by atoms with E-state index in [1.165, 1.54) is 16.7 Å². The zero-order chi connectivity index (χ0) is 31.8. The summed E-state index contributed by atoms with van der Waals surface area (Å²) < 4.78 is 5.56. The lowest BCUT2D eigenvalue weighted by Crippen LogP contribution is -2.43. The molecule has 0 N–H and O–H groups in total. The zero-order valence-electron chi connectivity index (χ0n) is 26.8. The normalized spacial score (nSPS) is 18.5. The standard InChI is InChI=1S/C38H47N3O2P2/c1-4-33-32(26-42)37(29-15-18-34(44)35(45)25-29)41(36(39-33)27-43-3)22-10-6-9-21-40-23-19-38(20-24-40,30-11-7-5-8-12-30)31-16-13-28(2)14-17-31/h4-5,7-8,11-18,25-26,37H,1,6,9-10,19-24,27,44-45H2,2-3H3. The van der Waals surface area contributed by atoms with Crippen LogP contribution in [-0.2, 0) is 14.9 Å². The van der Waals surface area contributed by atoms with Crippen LogP contribution in [0.4, 0.5) is 0 Å². The van der Waals surface area contributed by atoms with Crippen LogP contribution < -0.4 is 10.6 Å². The van der Waals surface area contributed by atoms with Crippen LogP contribution in [0.15, 0.2) is 102 Å². The van der Waals surface area contributed by atoms with Crippen molar-refractivity contribution in [2.24, 2.45) is 4.99 Å². The summed E-state index contributed by atoms with van der Waals surface area (Å²) in [4.78, 5) is 22.1. The average molecular weight is 640 g/mol. The van der Waals surface area contributed by atoms with E-state index in [0.717, 1.165) is 86.6 Å². The number of aliphatic imine (C=N–C) groups is 1. The Balaban J connectivity index is 1.22. The largest absolute Gasteiger partial charge is 0.377 e. The van der Waals surface area contributed by atoms with E-state index in [4.69, 9.17) is 9.73 Å². The van der Waals surface area contributed by atoms with Gasteiger partial charge >= 0.3 is 0 Å². The number of unbranched alkanes of at least 4 members (excludes halogenated alkanes) is 2. The van der Waals surface area contributed by atoms with Gasteiger partial charge in [-0.2, -0.15) is 0 Å². The van der Waals surface area contributed by atoms with Crippen LogP contribution in [0.25, 0.3) is 0 Å². The lowest BCUT2D eigenvalue weighted by atomic mass is 9.68. The van der Waals surface area contributed by atoms with Crippen LogP contribution in [0.5, 0.6) is 0 Å². The molecule has 2 aliphatic heterocycles. The molecule has 2 heterocycles. The second-order valence-electron chi connectivity index (χ2n) is 12.3. The van der Waals surface area contributed by atoms with Gasteiger partial charge in [0.1, 0.15) is 12.4 Å². The van der Waals surface area contributed by atoms with Crippen molar-refractivity contribution in [3.05, 3.63) is 119 Å². The Morgan fingerprint density at radius 3 is 2.27 bits per heavy atom. The van der Waals surface area contributed by atoms with E-state index < -0.39 is 0 Å². The van der Waals surface area contributed by atoms with Gasteiger partial charge in [0.25, 0.3) is 0 Å². The lowest BCUT2D eigenvalue weighted by molar-refractivity contribution is -0.105. The number of allylic oxidation sites excluding steroid dienone is 1. The van der Waals surface area contributed by atoms with Gasteiger partial charge in [0.2, 0.25) is 0 Å². The number of aldehydes is 1. The Labute approximate surface area is 274 Å². The van der Waals surface area contributed by atoms with E-state index in [1.54, 1.807) is 13.2 Å². The molecule has 1 fully saturated rings. The number of likely N-dealkylation sites (tertiary alicyclic amines) is 1. The minimum absolute atomic E-state index is 0.0748. The smallest absolute Gasteiger partial charge is 0.150 e. The molecule has 0 saturated carbocycles. The molecule has 2 aliphatic rings. The maximum Gasteiger partial charge on any atom is 0.150 e. The van der Waals surface area contributed by atoms with Crippen molar-refractivity contribution >= 4 is 41.2 Å². The molecule has 3 aromatic rings.